The summed E-state index contributed by atoms with van der Waals surface area (Å²) >= 11 is 0. The number of hydrogen-bond donors (Lipinski definition) is 3. The van der Waals surface area contributed by atoms with Crippen molar-refractivity contribution in [3.8, 4) is 0 Å². The number of fused-ring (bicyclic) bond motifs is 1. The molecular formula is C22H27N3O2. The lowest BCUT2D eigenvalue weighted by Crippen LogP contribution is -2.42. The molecule has 0 fully saturated rings. The second kappa shape index (κ2) is 8.25. The van der Waals surface area contributed by atoms with Crippen LogP contribution in [0.25, 0.3) is 0 Å². The van der Waals surface area contributed by atoms with Gasteiger partial charge in [-0.05, 0) is 62.3 Å². The van der Waals surface area contributed by atoms with E-state index in [0.29, 0.717) is 0 Å². The zero-order valence-electron chi connectivity index (χ0n) is 16.2. The highest BCUT2D eigenvalue weighted by molar-refractivity contribution is 5.95. The van der Waals surface area contributed by atoms with Crippen LogP contribution in [0.4, 0.5) is 10.5 Å². The fraction of sp³-hybridized carbons (Fsp3) is 0.364. The van der Waals surface area contributed by atoms with Crippen molar-refractivity contribution in [2.24, 2.45) is 0 Å². The number of rotatable bonds is 4. The second-order valence-corrected chi connectivity index (χ2v) is 7.29. The van der Waals surface area contributed by atoms with Gasteiger partial charge in [0.05, 0.1) is 12.6 Å². The molecule has 0 radical (unpaired) electrons. The number of benzene rings is 2. The van der Waals surface area contributed by atoms with Gasteiger partial charge in [-0.2, -0.15) is 0 Å². The average molecular weight is 365 g/mol. The van der Waals surface area contributed by atoms with Crippen LogP contribution in [0, 0.1) is 20.8 Å². The summed E-state index contributed by atoms with van der Waals surface area (Å²) in [6.07, 6.45) is 3.01. The zero-order valence-corrected chi connectivity index (χ0v) is 16.2. The van der Waals surface area contributed by atoms with Crippen LogP contribution in [-0.4, -0.2) is 18.5 Å². The van der Waals surface area contributed by atoms with E-state index in [-0.39, 0.29) is 24.5 Å². The lowest BCUT2D eigenvalue weighted by atomic mass is 9.88. The number of carbonyl (C=O) groups is 2. The van der Waals surface area contributed by atoms with Crippen molar-refractivity contribution in [1.29, 1.82) is 0 Å². The Morgan fingerprint density at radius 1 is 1.07 bits per heavy atom. The van der Waals surface area contributed by atoms with Crippen molar-refractivity contribution in [2.75, 3.05) is 11.9 Å². The molecule has 0 spiro atoms. The van der Waals surface area contributed by atoms with Crippen LogP contribution in [0.2, 0.25) is 0 Å². The molecule has 3 rings (SSSR count). The standard InChI is InChI=1S/C22H27N3O2/c1-14-11-15(2)21(16(3)12-14)25-20(26)13-23-22(27)24-19-10-6-8-17-7-4-5-9-18(17)19/h4-5,7,9,11-12,19H,6,8,10,13H2,1-3H3,(H,25,26)(H2,23,24,27). The maximum absolute atomic E-state index is 12.3. The highest BCUT2D eigenvalue weighted by Crippen LogP contribution is 2.29. The van der Waals surface area contributed by atoms with E-state index in [1.54, 1.807) is 0 Å². The Hall–Kier alpha value is -2.82. The highest BCUT2D eigenvalue weighted by Gasteiger charge is 2.21. The quantitative estimate of drug-likeness (QED) is 0.768. The minimum Gasteiger partial charge on any atom is -0.331 e. The van der Waals surface area contributed by atoms with Gasteiger partial charge in [0, 0.05) is 5.69 Å². The molecule has 5 nitrogen and oxygen atoms in total. The molecule has 0 bridgehead atoms. The molecule has 1 unspecified atom stereocenters. The van der Waals surface area contributed by atoms with Gasteiger partial charge < -0.3 is 16.0 Å². The smallest absolute Gasteiger partial charge is 0.315 e. The van der Waals surface area contributed by atoms with Crippen LogP contribution in [-0.2, 0) is 11.2 Å². The largest absolute Gasteiger partial charge is 0.331 e. The Balaban J connectivity index is 1.53. The molecule has 0 heterocycles. The van der Waals surface area contributed by atoms with Crippen LogP contribution in [0.5, 0.6) is 0 Å². The summed E-state index contributed by atoms with van der Waals surface area (Å²) in [5, 5.41) is 8.56. The Bertz CT molecular complexity index is 837. The van der Waals surface area contributed by atoms with E-state index in [4.69, 9.17) is 0 Å². The van der Waals surface area contributed by atoms with E-state index in [1.807, 2.05) is 45.0 Å². The van der Waals surface area contributed by atoms with Crippen molar-refractivity contribution < 1.29 is 9.59 Å². The number of nitrogens with one attached hydrogen (secondary N) is 3. The van der Waals surface area contributed by atoms with E-state index in [0.717, 1.165) is 41.6 Å². The molecule has 0 saturated carbocycles. The molecule has 27 heavy (non-hydrogen) atoms. The summed E-state index contributed by atoms with van der Waals surface area (Å²) in [4.78, 5) is 24.5. The third-order valence-corrected chi connectivity index (χ3v) is 5.03. The molecule has 2 aromatic carbocycles. The molecule has 5 heteroatoms. The van der Waals surface area contributed by atoms with Crippen LogP contribution in [0.3, 0.4) is 0 Å². The van der Waals surface area contributed by atoms with Crippen molar-refractivity contribution in [1.82, 2.24) is 10.6 Å². The molecule has 0 aliphatic heterocycles. The van der Waals surface area contributed by atoms with Crippen molar-refractivity contribution in [2.45, 2.75) is 46.1 Å². The van der Waals surface area contributed by atoms with Gasteiger partial charge in [0.25, 0.3) is 0 Å². The number of hydrogen-bond acceptors (Lipinski definition) is 2. The number of amides is 3. The number of carbonyl (C=O) groups excluding carboxylic acids is 2. The Kier molecular flexibility index (Phi) is 5.79. The predicted octanol–water partition coefficient (Wildman–Crippen LogP) is 3.93. The molecule has 0 saturated heterocycles. The van der Waals surface area contributed by atoms with Gasteiger partial charge in [-0.1, -0.05) is 42.0 Å². The topological polar surface area (TPSA) is 70.2 Å². The SMILES string of the molecule is Cc1cc(C)c(NC(=O)CNC(=O)NC2CCCc3ccccc32)c(C)c1. The molecule has 2 aromatic rings. The number of aryl methyl sites for hydroxylation is 4. The first-order chi connectivity index (χ1) is 12.9. The average Bonchev–Trinajstić information content (AvgIpc) is 2.63. The van der Waals surface area contributed by atoms with Gasteiger partial charge in [-0.3, -0.25) is 4.79 Å². The third-order valence-electron chi connectivity index (χ3n) is 5.03. The van der Waals surface area contributed by atoms with Gasteiger partial charge in [-0.15, -0.1) is 0 Å². The summed E-state index contributed by atoms with van der Waals surface area (Å²) in [5.41, 5.74) is 6.47. The zero-order chi connectivity index (χ0) is 19.4. The predicted molar refractivity (Wildman–Crippen MR) is 108 cm³/mol. The summed E-state index contributed by atoms with van der Waals surface area (Å²) in [7, 11) is 0. The first-order valence-electron chi connectivity index (χ1n) is 9.44. The molecular weight excluding hydrogens is 338 g/mol. The molecule has 3 amide bonds. The van der Waals surface area contributed by atoms with E-state index in [9.17, 15) is 9.59 Å². The van der Waals surface area contributed by atoms with Crippen molar-refractivity contribution in [3.63, 3.8) is 0 Å². The third kappa shape index (κ3) is 4.67. The highest BCUT2D eigenvalue weighted by atomic mass is 16.2. The van der Waals surface area contributed by atoms with E-state index < -0.39 is 0 Å². The molecule has 3 N–H and O–H groups in total. The molecule has 1 aliphatic rings. The Labute approximate surface area is 160 Å². The normalized spacial score (nSPS) is 15.6. The van der Waals surface area contributed by atoms with Gasteiger partial charge in [-0.25, -0.2) is 4.79 Å². The monoisotopic (exact) mass is 365 g/mol. The minimum absolute atomic E-state index is 0.000372. The summed E-state index contributed by atoms with van der Waals surface area (Å²) in [6.45, 7) is 5.90. The molecule has 0 aromatic heterocycles. The molecule has 1 atom stereocenters. The molecule has 142 valence electrons. The van der Waals surface area contributed by atoms with Gasteiger partial charge in [0.2, 0.25) is 5.91 Å². The number of anilines is 1. The summed E-state index contributed by atoms with van der Waals surface area (Å²) in [5.74, 6) is -0.232. The second-order valence-electron chi connectivity index (χ2n) is 7.29. The number of urea groups is 1. The van der Waals surface area contributed by atoms with Gasteiger partial charge in [0.15, 0.2) is 0 Å². The van der Waals surface area contributed by atoms with Crippen LogP contribution in [0.15, 0.2) is 36.4 Å². The van der Waals surface area contributed by atoms with E-state index in [1.165, 1.54) is 11.1 Å². The maximum Gasteiger partial charge on any atom is 0.315 e. The Morgan fingerprint density at radius 3 is 2.52 bits per heavy atom. The lowest BCUT2D eigenvalue weighted by Gasteiger charge is -2.26. The summed E-state index contributed by atoms with van der Waals surface area (Å²) < 4.78 is 0. The Morgan fingerprint density at radius 2 is 1.78 bits per heavy atom. The van der Waals surface area contributed by atoms with Crippen molar-refractivity contribution >= 4 is 17.6 Å². The van der Waals surface area contributed by atoms with Crippen LogP contribution >= 0.6 is 0 Å². The maximum atomic E-state index is 12.3. The van der Waals surface area contributed by atoms with Gasteiger partial charge >= 0.3 is 6.03 Å². The summed E-state index contributed by atoms with van der Waals surface area (Å²) in [6, 6.07) is 11.9. The first kappa shape index (κ1) is 19.0. The fourth-order valence-corrected chi connectivity index (χ4v) is 3.83. The van der Waals surface area contributed by atoms with Crippen LogP contribution in [0.1, 0.15) is 46.7 Å². The lowest BCUT2D eigenvalue weighted by molar-refractivity contribution is -0.115. The van der Waals surface area contributed by atoms with Gasteiger partial charge in [0.1, 0.15) is 0 Å². The fourth-order valence-electron chi connectivity index (χ4n) is 3.83. The van der Waals surface area contributed by atoms with E-state index in [2.05, 4.69) is 28.1 Å². The van der Waals surface area contributed by atoms with Crippen molar-refractivity contribution in [3.05, 3.63) is 64.2 Å². The first-order valence-corrected chi connectivity index (χ1v) is 9.44. The van der Waals surface area contributed by atoms with E-state index >= 15 is 0 Å². The van der Waals surface area contributed by atoms with Crippen LogP contribution < -0.4 is 16.0 Å². The molecule has 1 aliphatic carbocycles. The minimum atomic E-state index is -0.316.